The maximum Gasteiger partial charge on any atom is 0.273 e. The summed E-state index contributed by atoms with van der Waals surface area (Å²) in [5, 5.41) is 15.2. The van der Waals surface area contributed by atoms with Gasteiger partial charge < -0.3 is 26.5 Å². The molecule has 0 saturated heterocycles. The summed E-state index contributed by atoms with van der Waals surface area (Å²) < 4.78 is 5.34. The molecule has 140 valence electrons. The van der Waals surface area contributed by atoms with Crippen molar-refractivity contribution < 1.29 is 9.21 Å². The van der Waals surface area contributed by atoms with Gasteiger partial charge in [-0.15, -0.1) is 10.2 Å². The zero-order chi connectivity index (χ0) is 18.8. The molecule has 4 rings (SSSR count). The molecule has 1 aromatic carbocycles. The van der Waals surface area contributed by atoms with E-state index in [1.807, 2.05) is 24.3 Å². The fraction of sp³-hybridized carbons (Fsp3) is 0.333. The fourth-order valence-electron chi connectivity index (χ4n) is 3.33. The summed E-state index contributed by atoms with van der Waals surface area (Å²) >= 11 is 0. The number of aromatic nitrogens is 3. The number of benzene rings is 1. The molecule has 1 aliphatic carbocycles. The topological polar surface area (TPSA) is 145 Å². The average molecular weight is 367 g/mol. The molecule has 0 unspecified atom stereocenters. The second kappa shape index (κ2) is 7.20. The Balaban J connectivity index is 1.61. The first-order valence-corrected chi connectivity index (χ1v) is 8.91. The molecule has 1 saturated carbocycles. The highest BCUT2D eigenvalue weighted by Crippen LogP contribution is 2.25. The van der Waals surface area contributed by atoms with Gasteiger partial charge in [0.25, 0.3) is 5.91 Å². The number of hydrogen-bond donors (Lipinski definition) is 4. The van der Waals surface area contributed by atoms with E-state index < -0.39 is 5.91 Å². The van der Waals surface area contributed by atoms with Crippen molar-refractivity contribution in [3.05, 3.63) is 36.2 Å². The summed E-state index contributed by atoms with van der Waals surface area (Å²) in [6.45, 7) is 0. The molecule has 3 aromatic rings. The first-order valence-electron chi connectivity index (χ1n) is 8.91. The number of hydrogen-bond acceptors (Lipinski definition) is 8. The molecular weight excluding hydrogens is 346 g/mol. The van der Waals surface area contributed by atoms with Gasteiger partial charge in [0.15, 0.2) is 11.5 Å². The van der Waals surface area contributed by atoms with Crippen LogP contribution in [0.2, 0.25) is 0 Å². The van der Waals surface area contributed by atoms with Gasteiger partial charge in [-0.3, -0.25) is 4.79 Å². The molecule has 2 heterocycles. The molecule has 0 radical (unpaired) electrons. The zero-order valence-electron chi connectivity index (χ0n) is 14.7. The molecule has 1 amide bonds. The summed E-state index contributed by atoms with van der Waals surface area (Å²) in [6, 6.07) is 7.51. The Morgan fingerprint density at radius 2 is 2.04 bits per heavy atom. The first kappa shape index (κ1) is 17.2. The Morgan fingerprint density at radius 1 is 1.19 bits per heavy atom. The van der Waals surface area contributed by atoms with E-state index in [2.05, 4.69) is 25.8 Å². The second-order valence-corrected chi connectivity index (χ2v) is 6.69. The lowest BCUT2D eigenvalue weighted by molar-refractivity contribution is 0.0995. The molecule has 2 aromatic heterocycles. The number of rotatable bonds is 5. The van der Waals surface area contributed by atoms with E-state index in [0.717, 1.165) is 42.3 Å². The van der Waals surface area contributed by atoms with E-state index >= 15 is 0 Å². The summed E-state index contributed by atoms with van der Waals surface area (Å²) in [5.41, 5.74) is 13.1. The summed E-state index contributed by atoms with van der Waals surface area (Å²) in [6.07, 6.45) is 5.75. The first-order chi connectivity index (χ1) is 13.1. The minimum absolute atomic E-state index is 0.0271. The highest BCUT2D eigenvalue weighted by Gasteiger charge is 2.23. The molecule has 1 fully saturated rings. The van der Waals surface area contributed by atoms with E-state index in [9.17, 15) is 4.79 Å². The SMILES string of the molecule is NC(=O)c1nnc(N[C@@H]2CCCC[C@@H]2N)nc1Nc1ccc2occc2c1. The number of anilines is 3. The number of fused-ring (bicyclic) bond motifs is 1. The van der Waals surface area contributed by atoms with Crippen LogP contribution in [-0.2, 0) is 0 Å². The van der Waals surface area contributed by atoms with E-state index in [1.165, 1.54) is 0 Å². The highest BCUT2D eigenvalue weighted by atomic mass is 16.3. The van der Waals surface area contributed by atoms with Crippen LogP contribution in [0.5, 0.6) is 0 Å². The molecule has 9 heteroatoms. The lowest BCUT2D eigenvalue weighted by atomic mass is 9.91. The fourth-order valence-corrected chi connectivity index (χ4v) is 3.33. The van der Waals surface area contributed by atoms with Crippen LogP contribution < -0.4 is 22.1 Å². The Bertz CT molecular complexity index is 971. The van der Waals surface area contributed by atoms with E-state index in [-0.39, 0.29) is 23.6 Å². The van der Waals surface area contributed by atoms with E-state index in [0.29, 0.717) is 5.95 Å². The predicted octanol–water partition coefficient (Wildman–Crippen LogP) is 2.14. The largest absolute Gasteiger partial charge is 0.464 e. The third-order valence-corrected chi connectivity index (χ3v) is 4.77. The van der Waals surface area contributed by atoms with Gasteiger partial charge in [0.05, 0.1) is 6.26 Å². The predicted molar refractivity (Wildman–Crippen MR) is 102 cm³/mol. The van der Waals surface area contributed by atoms with Gasteiger partial charge in [0.1, 0.15) is 5.58 Å². The third-order valence-electron chi connectivity index (χ3n) is 4.77. The molecule has 27 heavy (non-hydrogen) atoms. The summed E-state index contributed by atoms with van der Waals surface area (Å²) in [7, 11) is 0. The minimum atomic E-state index is -0.706. The number of nitrogens with two attached hydrogens (primary N) is 2. The lowest BCUT2D eigenvalue weighted by Crippen LogP contribution is -2.43. The van der Waals surface area contributed by atoms with Crippen molar-refractivity contribution in [3.63, 3.8) is 0 Å². The summed E-state index contributed by atoms with van der Waals surface area (Å²) in [4.78, 5) is 16.1. The molecule has 6 N–H and O–H groups in total. The van der Waals surface area contributed by atoms with Crippen LogP contribution in [0.3, 0.4) is 0 Å². The number of nitrogens with one attached hydrogen (secondary N) is 2. The van der Waals surface area contributed by atoms with E-state index in [4.69, 9.17) is 15.9 Å². The van der Waals surface area contributed by atoms with Gasteiger partial charge in [0, 0.05) is 23.2 Å². The van der Waals surface area contributed by atoms with Crippen molar-refractivity contribution in [3.8, 4) is 0 Å². The second-order valence-electron chi connectivity index (χ2n) is 6.69. The normalized spacial score (nSPS) is 19.7. The Labute approximate surface area is 155 Å². The van der Waals surface area contributed by atoms with Gasteiger partial charge in [-0.05, 0) is 37.1 Å². The van der Waals surface area contributed by atoms with Crippen molar-refractivity contribution >= 4 is 34.3 Å². The third kappa shape index (κ3) is 3.68. The van der Waals surface area contributed by atoms with Gasteiger partial charge in [-0.25, -0.2) is 0 Å². The molecule has 1 aliphatic rings. The molecule has 0 aliphatic heterocycles. The van der Waals surface area contributed by atoms with Crippen molar-refractivity contribution in [2.24, 2.45) is 11.5 Å². The van der Waals surface area contributed by atoms with Crippen LogP contribution in [0, 0.1) is 0 Å². The van der Waals surface area contributed by atoms with Crippen LogP contribution in [0.1, 0.15) is 36.2 Å². The molecule has 2 atom stereocenters. The van der Waals surface area contributed by atoms with Crippen molar-refractivity contribution in [2.45, 2.75) is 37.8 Å². The molecular formula is C18H21N7O2. The highest BCUT2D eigenvalue weighted by molar-refractivity contribution is 5.96. The molecule has 9 nitrogen and oxygen atoms in total. The van der Waals surface area contributed by atoms with Crippen LogP contribution in [-0.4, -0.2) is 33.2 Å². The van der Waals surface area contributed by atoms with Crippen molar-refractivity contribution in [1.82, 2.24) is 15.2 Å². The standard InChI is InChI=1S/C18H21N7O2/c19-12-3-1-2-4-13(12)22-18-23-17(15(16(20)26)24-25-18)21-11-5-6-14-10(9-11)7-8-27-14/h5-9,12-13H,1-4,19H2,(H2,20,26)(H2,21,22,23,25)/t12-,13+/m0/s1. The smallest absolute Gasteiger partial charge is 0.273 e. The zero-order valence-corrected chi connectivity index (χ0v) is 14.7. The monoisotopic (exact) mass is 367 g/mol. The molecule has 0 bridgehead atoms. The van der Waals surface area contributed by atoms with Crippen LogP contribution in [0.15, 0.2) is 34.9 Å². The number of carbonyl (C=O) groups is 1. The minimum Gasteiger partial charge on any atom is -0.464 e. The quantitative estimate of drug-likeness (QED) is 0.536. The van der Waals surface area contributed by atoms with Crippen molar-refractivity contribution in [1.29, 1.82) is 0 Å². The van der Waals surface area contributed by atoms with Gasteiger partial charge >= 0.3 is 0 Å². The van der Waals surface area contributed by atoms with Crippen LogP contribution >= 0.6 is 0 Å². The average Bonchev–Trinajstić information content (AvgIpc) is 3.11. The number of carbonyl (C=O) groups excluding carboxylic acids is 1. The van der Waals surface area contributed by atoms with Crippen LogP contribution in [0.25, 0.3) is 11.0 Å². The number of amides is 1. The number of furan rings is 1. The Kier molecular flexibility index (Phi) is 4.59. The number of primary amides is 1. The maximum atomic E-state index is 11.7. The summed E-state index contributed by atoms with van der Waals surface area (Å²) in [5.74, 6) is -0.149. The number of nitrogens with zero attached hydrogens (tertiary/aromatic N) is 3. The Morgan fingerprint density at radius 3 is 2.85 bits per heavy atom. The Hall–Kier alpha value is -3.20. The van der Waals surface area contributed by atoms with Gasteiger partial charge in [-0.2, -0.15) is 4.98 Å². The van der Waals surface area contributed by atoms with E-state index in [1.54, 1.807) is 6.26 Å². The van der Waals surface area contributed by atoms with Crippen LogP contribution in [0.4, 0.5) is 17.5 Å². The van der Waals surface area contributed by atoms with Gasteiger partial charge in [0.2, 0.25) is 5.95 Å². The lowest BCUT2D eigenvalue weighted by Gasteiger charge is -2.29. The molecule has 0 spiro atoms. The van der Waals surface area contributed by atoms with Crippen molar-refractivity contribution in [2.75, 3.05) is 10.6 Å². The maximum absolute atomic E-state index is 11.7. The van der Waals surface area contributed by atoms with Gasteiger partial charge in [-0.1, -0.05) is 12.8 Å².